The second-order valence-electron chi connectivity index (χ2n) is 7.19. The van der Waals surface area contributed by atoms with E-state index in [4.69, 9.17) is 9.10 Å². The molecule has 0 amide bonds. The molecule has 128 valence electrons. The number of fused-ring (bicyclic) bond motifs is 5. The van der Waals surface area contributed by atoms with Gasteiger partial charge in [-0.3, -0.25) is 4.57 Å². The average Bonchev–Trinajstić information content (AvgIpc) is 3.17. The molecule has 3 heteroatoms. The van der Waals surface area contributed by atoms with Crippen LogP contribution < -0.4 is 4.57 Å². The summed E-state index contributed by atoms with van der Waals surface area (Å²) >= 11 is 0. The fourth-order valence-electron chi connectivity index (χ4n) is 4.01. The van der Waals surface area contributed by atoms with Crippen LogP contribution in [0.4, 0.5) is 0 Å². The summed E-state index contributed by atoms with van der Waals surface area (Å²) in [6.45, 7) is 1.85. The summed E-state index contributed by atoms with van der Waals surface area (Å²) in [4.78, 5) is 4.91. The summed E-state index contributed by atoms with van der Waals surface area (Å²) in [6, 6.07) is 14.7. The molecule has 4 aromatic rings. The second-order valence-corrected chi connectivity index (χ2v) is 7.19. The molecule has 0 radical (unpaired) electrons. The van der Waals surface area contributed by atoms with E-state index in [1.165, 1.54) is 11.3 Å². The molecule has 3 nitrogen and oxygen atoms in total. The zero-order valence-corrected chi connectivity index (χ0v) is 15.2. The molecule has 0 aliphatic carbocycles. The molecule has 2 aromatic heterocycles. The number of pyridine rings is 1. The van der Waals surface area contributed by atoms with Gasteiger partial charge in [0.25, 0.3) is 0 Å². The van der Waals surface area contributed by atoms with E-state index in [2.05, 4.69) is 47.9 Å². The monoisotopic (exact) mass is 343 g/mol. The van der Waals surface area contributed by atoms with Gasteiger partial charge < -0.3 is 0 Å². The second kappa shape index (κ2) is 5.28. The Bertz CT molecular complexity index is 1300. The molecule has 0 unspecified atom stereocenters. The fourth-order valence-corrected chi connectivity index (χ4v) is 4.01. The van der Waals surface area contributed by atoms with Crippen LogP contribution in [0, 0.1) is 20.7 Å². The third-order valence-electron chi connectivity index (χ3n) is 5.41. The summed E-state index contributed by atoms with van der Waals surface area (Å²) in [5.41, 5.74) is 8.97. The molecule has 0 saturated carbocycles. The predicted molar refractivity (Wildman–Crippen MR) is 105 cm³/mol. The Kier molecular flexibility index (Phi) is 2.52. The molecular formula is C23H22N3+. The zero-order chi connectivity index (χ0) is 20.5. The lowest BCUT2D eigenvalue weighted by atomic mass is 10.0. The van der Waals surface area contributed by atoms with Gasteiger partial charge in [0.2, 0.25) is 5.69 Å². The third-order valence-corrected chi connectivity index (χ3v) is 5.41. The van der Waals surface area contributed by atoms with E-state index >= 15 is 0 Å². The SMILES string of the molecule is [2H]C([2H])([2H])c1c[n+](C)c(-c2cc3nc4n(c3cc2C)-c2ccccc2C4)cc1C. The van der Waals surface area contributed by atoms with Gasteiger partial charge in [0, 0.05) is 22.2 Å². The minimum Gasteiger partial charge on any atom is -0.296 e. The van der Waals surface area contributed by atoms with Crippen LogP contribution in [0.25, 0.3) is 28.0 Å². The van der Waals surface area contributed by atoms with Crippen molar-refractivity contribution < 1.29 is 8.68 Å². The normalized spacial score (nSPS) is 14.7. The molecule has 1 aliphatic rings. The van der Waals surface area contributed by atoms with Crippen LogP contribution >= 0.6 is 0 Å². The number of aryl methyl sites for hydroxylation is 4. The van der Waals surface area contributed by atoms with Crippen LogP contribution in [0.15, 0.2) is 48.7 Å². The molecule has 0 atom stereocenters. The van der Waals surface area contributed by atoms with Gasteiger partial charge in [-0.25, -0.2) is 9.55 Å². The molecule has 2 aromatic carbocycles. The van der Waals surface area contributed by atoms with E-state index in [1.54, 1.807) is 6.20 Å². The first-order valence-electron chi connectivity index (χ1n) is 10.4. The van der Waals surface area contributed by atoms with E-state index in [1.807, 2.05) is 24.6 Å². The maximum Gasteiger partial charge on any atom is 0.212 e. The van der Waals surface area contributed by atoms with Gasteiger partial charge in [-0.05, 0) is 55.6 Å². The van der Waals surface area contributed by atoms with Crippen LogP contribution in [0.2, 0.25) is 0 Å². The van der Waals surface area contributed by atoms with Crippen molar-refractivity contribution >= 4 is 11.0 Å². The number of imidazole rings is 1. The number of nitrogens with zero attached hydrogens (tertiary/aromatic N) is 3. The van der Waals surface area contributed by atoms with Gasteiger partial charge in [-0.1, -0.05) is 18.2 Å². The summed E-state index contributed by atoms with van der Waals surface area (Å²) < 4.78 is 27.4. The average molecular weight is 343 g/mol. The predicted octanol–water partition coefficient (Wildman–Crippen LogP) is 4.35. The summed E-state index contributed by atoms with van der Waals surface area (Å²) in [6.07, 6.45) is 2.57. The third kappa shape index (κ3) is 2.07. The Hall–Kier alpha value is -2.94. The fraction of sp³-hybridized carbons (Fsp3) is 0.217. The highest BCUT2D eigenvalue weighted by molar-refractivity contribution is 5.86. The smallest absolute Gasteiger partial charge is 0.212 e. The van der Waals surface area contributed by atoms with Crippen LogP contribution in [0.3, 0.4) is 0 Å². The Morgan fingerprint density at radius 2 is 1.92 bits per heavy atom. The van der Waals surface area contributed by atoms with Gasteiger partial charge in [0.05, 0.1) is 22.3 Å². The van der Waals surface area contributed by atoms with Gasteiger partial charge in [0.1, 0.15) is 12.9 Å². The first-order valence-corrected chi connectivity index (χ1v) is 8.85. The van der Waals surface area contributed by atoms with Crippen LogP contribution in [0.1, 0.15) is 32.2 Å². The highest BCUT2D eigenvalue weighted by Gasteiger charge is 2.24. The lowest BCUT2D eigenvalue weighted by Crippen LogP contribution is -2.31. The summed E-state index contributed by atoms with van der Waals surface area (Å²) in [7, 11) is 1.90. The number of para-hydroxylation sites is 1. The molecular weight excluding hydrogens is 318 g/mol. The van der Waals surface area contributed by atoms with E-state index in [0.717, 1.165) is 45.7 Å². The van der Waals surface area contributed by atoms with Crippen molar-refractivity contribution in [2.75, 3.05) is 0 Å². The largest absolute Gasteiger partial charge is 0.296 e. The number of benzene rings is 2. The number of hydrogen-bond acceptors (Lipinski definition) is 1. The lowest BCUT2D eigenvalue weighted by Gasteiger charge is -2.09. The molecule has 0 spiro atoms. The quantitative estimate of drug-likeness (QED) is 0.415. The lowest BCUT2D eigenvalue weighted by molar-refractivity contribution is -0.660. The van der Waals surface area contributed by atoms with Crippen LogP contribution in [0.5, 0.6) is 0 Å². The number of aromatic nitrogens is 3. The first-order chi connectivity index (χ1) is 13.7. The standard InChI is InChI=1S/C23H22N3/c1-14-9-21(25(4)13-16(14)3)18-12-19-22(10-15(18)2)26-20-8-6-5-7-17(20)11-23(26)24-19/h5-10,12-13H,11H2,1-4H3/q+1/i3D3. The van der Waals surface area contributed by atoms with Crippen molar-refractivity contribution in [2.45, 2.75) is 27.1 Å². The number of rotatable bonds is 1. The minimum atomic E-state index is -2.11. The molecule has 5 rings (SSSR count). The Morgan fingerprint density at radius 3 is 2.77 bits per heavy atom. The van der Waals surface area contributed by atoms with E-state index < -0.39 is 6.85 Å². The van der Waals surface area contributed by atoms with Gasteiger partial charge in [-0.15, -0.1) is 0 Å². The van der Waals surface area contributed by atoms with Crippen molar-refractivity contribution in [3.8, 4) is 16.9 Å². The number of hydrogen-bond donors (Lipinski definition) is 0. The molecule has 26 heavy (non-hydrogen) atoms. The van der Waals surface area contributed by atoms with Crippen molar-refractivity contribution in [1.29, 1.82) is 0 Å². The van der Waals surface area contributed by atoms with Crippen molar-refractivity contribution in [3.05, 3.63) is 76.7 Å². The Morgan fingerprint density at radius 1 is 1.08 bits per heavy atom. The Labute approximate surface area is 157 Å². The first kappa shape index (κ1) is 12.4. The van der Waals surface area contributed by atoms with Gasteiger partial charge in [0.15, 0.2) is 6.20 Å². The van der Waals surface area contributed by atoms with Gasteiger partial charge >= 0.3 is 0 Å². The highest BCUT2D eigenvalue weighted by atomic mass is 15.1. The Balaban J connectivity index is 1.70. The summed E-state index contributed by atoms with van der Waals surface area (Å²) in [5, 5.41) is 0. The van der Waals surface area contributed by atoms with Crippen molar-refractivity contribution in [3.63, 3.8) is 0 Å². The molecule has 0 fully saturated rings. The topological polar surface area (TPSA) is 21.7 Å². The van der Waals surface area contributed by atoms with E-state index in [-0.39, 0.29) is 0 Å². The van der Waals surface area contributed by atoms with Gasteiger partial charge in [-0.2, -0.15) is 0 Å². The van der Waals surface area contributed by atoms with E-state index in [0.29, 0.717) is 5.56 Å². The van der Waals surface area contributed by atoms with Crippen molar-refractivity contribution in [1.82, 2.24) is 9.55 Å². The molecule has 3 heterocycles. The maximum atomic E-state index is 7.76. The van der Waals surface area contributed by atoms with Crippen LogP contribution in [-0.4, -0.2) is 9.55 Å². The van der Waals surface area contributed by atoms with Crippen LogP contribution in [-0.2, 0) is 13.5 Å². The molecule has 0 saturated heterocycles. The van der Waals surface area contributed by atoms with E-state index in [9.17, 15) is 0 Å². The highest BCUT2D eigenvalue weighted by Crippen LogP contribution is 2.34. The summed E-state index contributed by atoms with van der Waals surface area (Å²) in [5.74, 6) is 1.07. The molecule has 1 aliphatic heterocycles. The molecule has 0 bridgehead atoms. The minimum absolute atomic E-state index is 0.389. The maximum absolute atomic E-state index is 7.76. The zero-order valence-electron chi connectivity index (χ0n) is 18.2. The molecule has 0 N–H and O–H groups in total. The van der Waals surface area contributed by atoms with Crippen molar-refractivity contribution in [2.24, 2.45) is 7.05 Å².